The third-order valence-electron chi connectivity index (χ3n) is 4.40. The Morgan fingerprint density at radius 1 is 1.06 bits per heavy atom. The summed E-state index contributed by atoms with van der Waals surface area (Å²) in [4.78, 5) is 55.2. The van der Waals surface area contributed by atoms with E-state index in [2.05, 4.69) is 25.9 Å². The van der Waals surface area contributed by atoms with Crippen LogP contribution < -0.4 is 27.4 Å². The lowest BCUT2D eigenvalue weighted by atomic mass is 10.1. The number of aliphatic carboxylic acids is 1. The number of carboxylic acid groups (broad SMARTS) is 1. The quantitative estimate of drug-likeness (QED) is 0.137. The molecule has 4 unspecified atom stereocenters. The lowest BCUT2D eigenvalue weighted by Crippen LogP contribution is -2.58. The number of unbranched alkanes of at least 4 members (excludes halogenated alkanes) is 1. The van der Waals surface area contributed by atoms with E-state index < -0.39 is 54.5 Å². The normalized spacial score (nSPS) is 14.7. The Morgan fingerprint density at radius 2 is 1.68 bits per heavy atom. The summed E-state index contributed by atoms with van der Waals surface area (Å²) in [6, 6.07) is -4.59. The molecule has 31 heavy (non-hydrogen) atoms. The topological polar surface area (TPSA) is 226 Å². The number of carboxylic acids is 1. The largest absolute Gasteiger partial charge is 0.480 e. The number of imidazole rings is 1. The first-order valence-electron chi connectivity index (χ1n) is 9.87. The number of hydrogen-bond acceptors (Lipinski definition) is 8. The maximum Gasteiger partial charge on any atom is 0.326 e. The van der Waals surface area contributed by atoms with Crippen LogP contribution in [0.4, 0.5) is 0 Å². The SMILES string of the molecule is CC(N)C(=O)NC(CO)C(=O)NC(Cc1cnc[nH]1)C(=O)NC(CCCCN)C(=O)O. The zero-order valence-corrected chi connectivity index (χ0v) is 17.3. The number of aliphatic hydroxyl groups is 1. The summed E-state index contributed by atoms with van der Waals surface area (Å²) in [5.41, 5.74) is 11.4. The van der Waals surface area contributed by atoms with Crippen molar-refractivity contribution < 1.29 is 29.4 Å². The highest BCUT2D eigenvalue weighted by atomic mass is 16.4. The van der Waals surface area contributed by atoms with Crippen LogP contribution in [0.1, 0.15) is 31.9 Å². The number of nitrogens with two attached hydrogens (primary N) is 2. The maximum absolute atomic E-state index is 12.8. The van der Waals surface area contributed by atoms with Crippen LogP contribution in [0.25, 0.3) is 0 Å². The molecular formula is C18H31N7O6. The number of hydrogen-bond donors (Lipinski definition) is 8. The fourth-order valence-electron chi connectivity index (χ4n) is 2.62. The number of carbonyl (C=O) groups excluding carboxylic acids is 3. The van der Waals surface area contributed by atoms with Gasteiger partial charge in [0.15, 0.2) is 0 Å². The van der Waals surface area contributed by atoms with Gasteiger partial charge in [0.25, 0.3) is 0 Å². The number of amides is 3. The zero-order valence-electron chi connectivity index (χ0n) is 17.3. The number of nitrogens with one attached hydrogen (secondary N) is 4. The van der Waals surface area contributed by atoms with Crippen molar-refractivity contribution in [3.63, 3.8) is 0 Å². The summed E-state index contributed by atoms with van der Waals surface area (Å²) < 4.78 is 0. The molecule has 0 spiro atoms. The molecule has 0 aliphatic carbocycles. The fourth-order valence-corrected chi connectivity index (χ4v) is 2.62. The molecule has 13 heteroatoms. The first kappa shape index (κ1) is 26.0. The van der Waals surface area contributed by atoms with E-state index in [1.165, 1.54) is 19.4 Å². The number of aromatic amines is 1. The van der Waals surface area contributed by atoms with E-state index >= 15 is 0 Å². The van der Waals surface area contributed by atoms with Gasteiger partial charge in [-0.2, -0.15) is 0 Å². The Kier molecular flexibility index (Phi) is 11.2. The molecule has 0 radical (unpaired) electrons. The van der Waals surface area contributed by atoms with E-state index in [1.807, 2.05) is 0 Å². The van der Waals surface area contributed by atoms with E-state index in [0.29, 0.717) is 25.1 Å². The van der Waals surface area contributed by atoms with Crippen LogP contribution in [-0.4, -0.2) is 81.2 Å². The minimum absolute atomic E-state index is 0.0217. The highest BCUT2D eigenvalue weighted by Gasteiger charge is 2.30. The number of aromatic nitrogens is 2. The molecule has 0 aromatic carbocycles. The molecule has 0 aliphatic rings. The Balaban J connectivity index is 2.91. The summed E-state index contributed by atoms with van der Waals surface area (Å²) in [5.74, 6) is -3.44. The number of carbonyl (C=O) groups is 4. The van der Waals surface area contributed by atoms with Gasteiger partial charge in [0, 0.05) is 18.3 Å². The molecule has 0 fully saturated rings. The molecule has 1 heterocycles. The van der Waals surface area contributed by atoms with Crippen LogP contribution >= 0.6 is 0 Å². The standard InChI is InChI=1S/C18H31N7O6/c1-10(20)15(27)25-14(8-26)17(29)24-13(6-11-7-21-9-22-11)16(28)23-12(18(30)31)4-2-3-5-19/h7,9-10,12-14,26H,2-6,8,19-20H2,1H3,(H,21,22)(H,23,28)(H,24,29)(H,25,27)(H,30,31). The first-order chi connectivity index (χ1) is 14.7. The van der Waals surface area contributed by atoms with E-state index in [1.54, 1.807) is 0 Å². The Bertz CT molecular complexity index is 725. The van der Waals surface area contributed by atoms with Crippen molar-refractivity contribution in [3.8, 4) is 0 Å². The van der Waals surface area contributed by atoms with Crippen LogP contribution in [0.3, 0.4) is 0 Å². The predicted octanol–water partition coefficient (Wildman–Crippen LogP) is -3.04. The third kappa shape index (κ3) is 9.11. The van der Waals surface area contributed by atoms with E-state index in [4.69, 9.17) is 11.5 Å². The van der Waals surface area contributed by atoms with Crippen molar-refractivity contribution in [1.29, 1.82) is 0 Å². The maximum atomic E-state index is 12.8. The molecular weight excluding hydrogens is 410 g/mol. The van der Waals surface area contributed by atoms with Crippen molar-refractivity contribution >= 4 is 23.7 Å². The van der Waals surface area contributed by atoms with Gasteiger partial charge in [-0.05, 0) is 32.7 Å². The number of nitrogens with zero attached hydrogens (tertiary/aromatic N) is 1. The summed E-state index contributed by atoms with van der Waals surface area (Å²) in [7, 11) is 0. The average molecular weight is 441 g/mol. The molecule has 4 atom stereocenters. The van der Waals surface area contributed by atoms with Gasteiger partial charge >= 0.3 is 5.97 Å². The van der Waals surface area contributed by atoms with Crippen molar-refractivity contribution in [1.82, 2.24) is 25.9 Å². The second kappa shape index (κ2) is 13.3. The van der Waals surface area contributed by atoms with Gasteiger partial charge in [-0.15, -0.1) is 0 Å². The van der Waals surface area contributed by atoms with Gasteiger partial charge < -0.3 is 42.6 Å². The lowest BCUT2D eigenvalue weighted by Gasteiger charge is -2.24. The lowest BCUT2D eigenvalue weighted by molar-refractivity contribution is -0.142. The highest BCUT2D eigenvalue weighted by molar-refractivity contribution is 5.94. The Labute approximate surface area is 179 Å². The fraction of sp³-hybridized carbons (Fsp3) is 0.611. The molecule has 1 rings (SSSR count). The van der Waals surface area contributed by atoms with E-state index in [9.17, 15) is 29.4 Å². The van der Waals surface area contributed by atoms with Crippen LogP contribution in [-0.2, 0) is 25.6 Å². The Hall–Kier alpha value is -3.03. The summed E-state index contributed by atoms with van der Waals surface area (Å²) >= 11 is 0. The van der Waals surface area contributed by atoms with Crippen LogP contribution in [0.5, 0.6) is 0 Å². The molecule has 13 nitrogen and oxygen atoms in total. The monoisotopic (exact) mass is 441 g/mol. The molecule has 0 saturated carbocycles. The molecule has 1 aromatic rings. The average Bonchev–Trinajstić information content (AvgIpc) is 3.23. The smallest absolute Gasteiger partial charge is 0.326 e. The molecule has 174 valence electrons. The highest BCUT2D eigenvalue weighted by Crippen LogP contribution is 2.05. The van der Waals surface area contributed by atoms with Crippen molar-refractivity contribution in [2.24, 2.45) is 11.5 Å². The van der Waals surface area contributed by atoms with Crippen molar-refractivity contribution in [3.05, 3.63) is 18.2 Å². The van der Waals surface area contributed by atoms with Crippen LogP contribution in [0.2, 0.25) is 0 Å². The van der Waals surface area contributed by atoms with E-state index in [0.717, 1.165) is 0 Å². The Morgan fingerprint density at radius 3 is 2.19 bits per heavy atom. The van der Waals surface area contributed by atoms with Crippen LogP contribution in [0.15, 0.2) is 12.5 Å². The minimum Gasteiger partial charge on any atom is -0.480 e. The van der Waals surface area contributed by atoms with Gasteiger partial charge in [-0.25, -0.2) is 9.78 Å². The second-order valence-corrected chi connectivity index (χ2v) is 7.06. The van der Waals surface area contributed by atoms with Gasteiger partial charge in [-0.1, -0.05) is 0 Å². The van der Waals surface area contributed by atoms with Crippen molar-refractivity contribution in [2.45, 2.75) is 56.8 Å². The predicted molar refractivity (Wildman–Crippen MR) is 109 cm³/mol. The summed E-state index contributed by atoms with van der Waals surface area (Å²) in [6.45, 7) is 1.08. The molecule has 3 amide bonds. The molecule has 10 N–H and O–H groups in total. The molecule has 0 bridgehead atoms. The minimum atomic E-state index is -1.34. The summed E-state index contributed by atoms with van der Waals surface area (Å²) in [6.07, 6.45) is 4.09. The molecule has 0 aliphatic heterocycles. The van der Waals surface area contributed by atoms with Crippen LogP contribution in [0, 0.1) is 0 Å². The van der Waals surface area contributed by atoms with E-state index in [-0.39, 0.29) is 12.8 Å². The van der Waals surface area contributed by atoms with Gasteiger partial charge in [-0.3, -0.25) is 14.4 Å². The zero-order chi connectivity index (χ0) is 23.4. The third-order valence-corrected chi connectivity index (χ3v) is 4.40. The van der Waals surface area contributed by atoms with Gasteiger partial charge in [0.05, 0.1) is 19.0 Å². The second-order valence-electron chi connectivity index (χ2n) is 7.06. The van der Waals surface area contributed by atoms with Gasteiger partial charge in [0.1, 0.15) is 18.1 Å². The number of aliphatic hydroxyl groups excluding tert-OH is 1. The molecule has 0 saturated heterocycles. The first-order valence-corrected chi connectivity index (χ1v) is 9.87. The number of rotatable bonds is 14. The summed E-state index contributed by atoms with van der Waals surface area (Å²) in [5, 5.41) is 26.0. The van der Waals surface area contributed by atoms with Gasteiger partial charge in [0.2, 0.25) is 17.7 Å². The molecule has 1 aromatic heterocycles. The number of H-pyrrole nitrogens is 1. The van der Waals surface area contributed by atoms with Crippen molar-refractivity contribution in [2.75, 3.05) is 13.2 Å².